The minimum atomic E-state index is -3.63. The third-order valence-electron chi connectivity index (χ3n) is 3.04. The number of nitro benzene ring substituents is 1. The third-order valence-corrected chi connectivity index (χ3v) is 4.90. The van der Waals surface area contributed by atoms with E-state index in [2.05, 4.69) is 0 Å². The number of carboxylic acid groups (broad SMARTS) is 1. The lowest BCUT2D eigenvalue weighted by Gasteiger charge is -2.29. The number of carboxylic acids is 1. The zero-order valence-corrected chi connectivity index (χ0v) is 11.2. The maximum atomic E-state index is 12.0. The minimum absolute atomic E-state index is 0.0885. The van der Waals surface area contributed by atoms with Gasteiger partial charge in [-0.25, -0.2) is 13.2 Å². The van der Waals surface area contributed by atoms with Crippen LogP contribution in [0.25, 0.3) is 0 Å². The van der Waals surface area contributed by atoms with Gasteiger partial charge in [-0.05, 0) is 18.9 Å². The summed E-state index contributed by atoms with van der Waals surface area (Å²) < 4.78 is 25.0. The Kier molecular flexibility index (Phi) is 3.62. The molecule has 1 saturated heterocycles. The van der Waals surface area contributed by atoms with E-state index in [-0.39, 0.29) is 29.2 Å². The van der Waals surface area contributed by atoms with E-state index >= 15 is 0 Å². The van der Waals surface area contributed by atoms with Crippen LogP contribution in [0.4, 0.5) is 11.4 Å². The molecule has 108 valence electrons. The Morgan fingerprint density at radius 1 is 1.35 bits per heavy atom. The highest BCUT2D eigenvalue weighted by molar-refractivity contribution is 7.92. The van der Waals surface area contributed by atoms with E-state index in [1.165, 1.54) is 0 Å². The lowest BCUT2D eigenvalue weighted by molar-refractivity contribution is -0.384. The van der Waals surface area contributed by atoms with Gasteiger partial charge in [-0.15, -0.1) is 0 Å². The normalized spacial score (nSPS) is 17.7. The summed E-state index contributed by atoms with van der Waals surface area (Å²) in [5.74, 6) is -1.41. The monoisotopic (exact) mass is 300 g/mol. The van der Waals surface area contributed by atoms with Gasteiger partial charge in [0.2, 0.25) is 10.0 Å². The van der Waals surface area contributed by atoms with Crippen molar-refractivity contribution < 1.29 is 23.2 Å². The second kappa shape index (κ2) is 5.08. The Morgan fingerprint density at radius 2 is 2.05 bits per heavy atom. The first-order valence-corrected chi connectivity index (χ1v) is 7.46. The molecule has 0 aliphatic carbocycles. The lowest BCUT2D eigenvalue weighted by atomic mass is 10.1. The molecule has 0 saturated carbocycles. The number of aromatic carboxylic acids is 1. The highest BCUT2D eigenvalue weighted by atomic mass is 32.2. The number of carbonyl (C=O) groups is 1. The molecular weight excluding hydrogens is 288 g/mol. The molecular formula is C11H12N2O6S. The van der Waals surface area contributed by atoms with Crippen molar-refractivity contribution in [2.45, 2.75) is 12.8 Å². The van der Waals surface area contributed by atoms with Crippen LogP contribution in [-0.2, 0) is 10.0 Å². The van der Waals surface area contributed by atoms with Gasteiger partial charge in [0.25, 0.3) is 5.69 Å². The molecule has 0 spiro atoms. The Labute approximate surface area is 114 Å². The molecule has 9 heteroatoms. The Bertz CT molecular complexity index is 669. The zero-order chi connectivity index (χ0) is 14.9. The van der Waals surface area contributed by atoms with Gasteiger partial charge in [0.1, 0.15) is 0 Å². The molecule has 0 aromatic heterocycles. The topological polar surface area (TPSA) is 118 Å². The van der Waals surface area contributed by atoms with Crippen molar-refractivity contribution in [2.24, 2.45) is 0 Å². The summed E-state index contributed by atoms with van der Waals surface area (Å²) in [6.07, 6.45) is 1.08. The first kappa shape index (κ1) is 14.3. The Morgan fingerprint density at radius 3 is 2.60 bits per heavy atom. The molecule has 1 aliphatic heterocycles. The maximum absolute atomic E-state index is 12.0. The van der Waals surface area contributed by atoms with Crippen LogP contribution in [0.5, 0.6) is 0 Å². The van der Waals surface area contributed by atoms with Gasteiger partial charge in [-0.3, -0.25) is 14.4 Å². The van der Waals surface area contributed by atoms with E-state index in [1.807, 2.05) is 0 Å². The standard InChI is InChI=1S/C11H12N2O6S/c14-11(15)9-4-3-8(13(16)17)7-10(9)12-5-1-2-6-20(12,18)19/h3-4,7H,1-2,5-6H2,(H,14,15). The molecule has 0 atom stereocenters. The molecule has 1 N–H and O–H groups in total. The largest absolute Gasteiger partial charge is 0.478 e. The van der Waals surface area contributed by atoms with Gasteiger partial charge >= 0.3 is 5.97 Å². The summed E-state index contributed by atoms with van der Waals surface area (Å²) in [7, 11) is -3.63. The van der Waals surface area contributed by atoms with Crippen molar-refractivity contribution in [3.05, 3.63) is 33.9 Å². The number of anilines is 1. The highest BCUT2D eigenvalue weighted by Gasteiger charge is 2.30. The second-order valence-corrected chi connectivity index (χ2v) is 6.37. The van der Waals surface area contributed by atoms with Crippen molar-refractivity contribution in [3.63, 3.8) is 0 Å². The molecule has 0 unspecified atom stereocenters. The Balaban J connectivity index is 2.60. The van der Waals surface area contributed by atoms with Gasteiger partial charge < -0.3 is 5.11 Å². The smallest absolute Gasteiger partial charge is 0.337 e. The Hall–Kier alpha value is -2.16. The number of rotatable bonds is 3. The predicted octanol–water partition coefficient (Wildman–Crippen LogP) is 1.22. The average molecular weight is 300 g/mol. The first-order valence-electron chi connectivity index (χ1n) is 5.85. The number of hydrogen-bond donors (Lipinski definition) is 1. The fourth-order valence-electron chi connectivity index (χ4n) is 2.08. The molecule has 8 nitrogen and oxygen atoms in total. The molecule has 1 aromatic carbocycles. The molecule has 1 heterocycles. The van der Waals surface area contributed by atoms with E-state index in [4.69, 9.17) is 5.11 Å². The summed E-state index contributed by atoms with van der Waals surface area (Å²) in [5, 5.41) is 19.9. The van der Waals surface area contributed by atoms with Crippen molar-refractivity contribution >= 4 is 27.4 Å². The van der Waals surface area contributed by atoms with Gasteiger partial charge in [0, 0.05) is 18.7 Å². The predicted molar refractivity (Wildman–Crippen MR) is 70.4 cm³/mol. The van der Waals surface area contributed by atoms with Crippen molar-refractivity contribution in [1.82, 2.24) is 0 Å². The van der Waals surface area contributed by atoms with E-state index in [1.54, 1.807) is 0 Å². The lowest BCUT2D eigenvalue weighted by Crippen LogP contribution is -2.38. The van der Waals surface area contributed by atoms with Crippen molar-refractivity contribution in [2.75, 3.05) is 16.6 Å². The molecule has 0 bridgehead atoms. The van der Waals surface area contributed by atoms with E-state index in [9.17, 15) is 23.3 Å². The summed E-state index contributed by atoms with van der Waals surface area (Å²) >= 11 is 0. The van der Waals surface area contributed by atoms with E-state index < -0.39 is 20.9 Å². The zero-order valence-electron chi connectivity index (χ0n) is 10.4. The number of non-ortho nitro benzene ring substituents is 1. The summed E-state index contributed by atoms with van der Waals surface area (Å²) in [6.45, 7) is 0.129. The highest BCUT2D eigenvalue weighted by Crippen LogP contribution is 2.30. The quantitative estimate of drug-likeness (QED) is 0.662. The van der Waals surface area contributed by atoms with Crippen LogP contribution >= 0.6 is 0 Å². The fourth-order valence-corrected chi connectivity index (χ4v) is 3.73. The van der Waals surface area contributed by atoms with Gasteiger partial charge in [0.05, 0.1) is 21.9 Å². The fraction of sp³-hybridized carbons (Fsp3) is 0.364. The number of nitro groups is 1. The van der Waals surface area contributed by atoms with Crippen LogP contribution in [0.1, 0.15) is 23.2 Å². The van der Waals surface area contributed by atoms with Gasteiger partial charge in [-0.1, -0.05) is 0 Å². The van der Waals surface area contributed by atoms with Crippen LogP contribution in [0, 0.1) is 10.1 Å². The molecule has 1 aromatic rings. The maximum Gasteiger partial charge on any atom is 0.337 e. The third kappa shape index (κ3) is 2.57. The SMILES string of the molecule is O=C(O)c1ccc([N+](=O)[O-])cc1N1CCCCS1(=O)=O. The van der Waals surface area contributed by atoms with Crippen molar-refractivity contribution in [3.8, 4) is 0 Å². The number of nitrogens with zero attached hydrogens (tertiary/aromatic N) is 2. The number of hydrogen-bond acceptors (Lipinski definition) is 5. The minimum Gasteiger partial charge on any atom is -0.478 e. The van der Waals surface area contributed by atoms with Crippen LogP contribution in [0.15, 0.2) is 18.2 Å². The molecule has 0 amide bonds. The van der Waals surface area contributed by atoms with Crippen LogP contribution < -0.4 is 4.31 Å². The first-order chi connectivity index (χ1) is 9.33. The number of benzene rings is 1. The van der Waals surface area contributed by atoms with Crippen LogP contribution in [0.2, 0.25) is 0 Å². The van der Waals surface area contributed by atoms with E-state index in [0.29, 0.717) is 12.8 Å². The summed E-state index contributed by atoms with van der Waals surface area (Å²) in [5.41, 5.74) is -0.752. The summed E-state index contributed by atoms with van der Waals surface area (Å²) in [4.78, 5) is 21.2. The van der Waals surface area contributed by atoms with Crippen LogP contribution in [-0.4, -0.2) is 36.7 Å². The van der Waals surface area contributed by atoms with E-state index in [0.717, 1.165) is 22.5 Å². The van der Waals surface area contributed by atoms with Crippen LogP contribution in [0.3, 0.4) is 0 Å². The summed E-state index contributed by atoms with van der Waals surface area (Å²) in [6, 6.07) is 3.09. The van der Waals surface area contributed by atoms with Gasteiger partial charge in [-0.2, -0.15) is 0 Å². The second-order valence-electron chi connectivity index (χ2n) is 4.36. The molecule has 2 rings (SSSR count). The average Bonchev–Trinajstić information content (AvgIpc) is 2.37. The van der Waals surface area contributed by atoms with Gasteiger partial charge in [0.15, 0.2) is 0 Å². The molecule has 1 fully saturated rings. The molecule has 1 aliphatic rings. The molecule has 20 heavy (non-hydrogen) atoms. The molecule has 0 radical (unpaired) electrons. The van der Waals surface area contributed by atoms with Crippen molar-refractivity contribution in [1.29, 1.82) is 0 Å². The number of sulfonamides is 1.